The highest BCUT2D eigenvalue weighted by Crippen LogP contribution is 2.29. The van der Waals surface area contributed by atoms with Gasteiger partial charge in [0.15, 0.2) is 5.69 Å². The number of pyridine rings is 1. The number of alkyl halides is 3. The summed E-state index contributed by atoms with van der Waals surface area (Å²) in [4.78, 5) is 35.8. The molecule has 0 fully saturated rings. The van der Waals surface area contributed by atoms with Crippen LogP contribution in [-0.4, -0.2) is 33.9 Å². The largest absolute Gasteiger partial charge is 0.417 e. The van der Waals surface area contributed by atoms with E-state index in [1.54, 1.807) is 4.90 Å². The van der Waals surface area contributed by atoms with Crippen molar-refractivity contribution in [1.82, 2.24) is 15.0 Å². The molecule has 7 nitrogen and oxygen atoms in total. The first kappa shape index (κ1) is 19.7. The van der Waals surface area contributed by atoms with Crippen LogP contribution in [0.15, 0.2) is 23.3 Å². The van der Waals surface area contributed by atoms with E-state index in [0.29, 0.717) is 25.4 Å². The molecule has 2 heterocycles. The maximum atomic E-state index is 12.8. The summed E-state index contributed by atoms with van der Waals surface area (Å²) in [7, 11) is 0. The van der Waals surface area contributed by atoms with E-state index in [1.807, 2.05) is 18.8 Å². The smallest absolute Gasteiger partial charge is 0.341 e. The van der Waals surface area contributed by atoms with Gasteiger partial charge in [-0.15, -0.1) is 0 Å². The lowest BCUT2D eigenvalue weighted by Crippen LogP contribution is -2.26. The molecule has 0 saturated carbocycles. The zero-order chi connectivity index (χ0) is 19.5. The van der Waals surface area contributed by atoms with Crippen molar-refractivity contribution in [3.63, 3.8) is 0 Å². The van der Waals surface area contributed by atoms with Crippen molar-refractivity contribution in [3.05, 3.63) is 45.1 Å². The summed E-state index contributed by atoms with van der Waals surface area (Å²) < 4.78 is 38.3. The van der Waals surface area contributed by atoms with E-state index in [4.69, 9.17) is 11.6 Å². The van der Waals surface area contributed by atoms with Crippen LogP contribution >= 0.6 is 11.6 Å². The maximum Gasteiger partial charge on any atom is 0.417 e. The number of aromatic amines is 1. The van der Waals surface area contributed by atoms with Gasteiger partial charge in [0.2, 0.25) is 5.95 Å². The van der Waals surface area contributed by atoms with Crippen LogP contribution in [0.1, 0.15) is 29.9 Å². The van der Waals surface area contributed by atoms with Gasteiger partial charge in [0.25, 0.3) is 11.5 Å². The van der Waals surface area contributed by atoms with Crippen LogP contribution in [0.2, 0.25) is 5.02 Å². The molecule has 0 aliphatic rings. The number of hydrogen-bond acceptors (Lipinski definition) is 5. The van der Waals surface area contributed by atoms with Crippen LogP contribution in [0.25, 0.3) is 0 Å². The van der Waals surface area contributed by atoms with E-state index in [1.165, 1.54) is 6.20 Å². The number of nitrogens with zero attached hydrogens (tertiary/aromatic N) is 3. The molecule has 140 valence electrons. The summed E-state index contributed by atoms with van der Waals surface area (Å²) in [6.45, 7) is 4.88. The number of amides is 1. The minimum atomic E-state index is -4.67. The molecule has 2 aromatic heterocycles. The van der Waals surface area contributed by atoms with Crippen LogP contribution in [0.4, 0.5) is 24.8 Å². The van der Waals surface area contributed by atoms with Crippen LogP contribution in [0.3, 0.4) is 0 Å². The SMILES string of the molecule is CCN(CC)c1ncc(Cl)c(C(=O)Nc2cc(C(F)(F)F)c[nH]c2=O)n1. The van der Waals surface area contributed by atoms with Gasteiger partial charge in [0, 0.05) is 19.3 Å². The molecule has 0 unspecified atom stereocenters. The molecule has 0 aliphatic heterocycles. The highest BCUT2D eigenvalue weighted by atomic mass is 35.5. The molecule has 0 aliphatic carbocycles. The lowest BCUT2D eigenvalue weighted by atomic mass is 10.2. The zero-order valence-electron chi connectivity index (χ0n) is 13.8. The maximum absolute atomic E-state index is 12.8. The summed E-state index contributed by atoms with van der Waals surface area (Å²) in [5, 5.41) is 2.01. The van der Waals surface area contributed by atoms with E-state index in [2.05, 4.69) is 15.3 Å². The molecule has 2 aromatic rings. The number of halogens is 4. The third-order valence-corrected chi connectivity index (χ3v) is 3.75. The van der Waals surface area contributed by atoms with Gasteiger partial charge in [-0.25, -0.2) is 9.97 Å². The number of H-pyrrole nitrogens is 1. The Bertz CT molecular complexity index is 865. The minimum absolute atomic E-state index is 0.0955. The predicted molar refractivity (Wildman–Crippen MR) is 90.6 cm³/mol. The Labute approximate surface area is 151 Å². The van der Waals surface area contributed by atoms with Gasteiger partial charge in [-0.2, -0.15) is 13.2 Å². The van der Waals surface area contributed by atoms with Gasteiger partial charge in [-0.05, 0) is 19.9 Å². The normalized spacial score (nSPS) is 11.3. The fraction of sp³-hybridized carbons (Fsp3) is 0.333. The Hall–Kier alpha value is -2.62. The molecule has 1 amide bonds. The number of anilines is 2. The second-order valence-electron chi connectivity index (χ2n) is 5.12. The summed E-state index contributed by atoms with van der Waals surface area (Å²) in [6, 6.07) is 0.539. The third kappa shape index (κ3) is 4.31. The second kappa shape index (κ2) is 7.73. The van der Waals surface area contributed by atoms with E-state index in [-0.39, 0.29) is 16.7 Å². The van der Waals surface area contributed by atoms with Crippen LogP contribution < -0.4 is 15.8 Å². The lowest BCUT2D eigenvalue weighted by Gasteiger charge is -2.19. The molecule has 11 heteroatoms. The Morgan fingerprint density at radius 2 is 2.00 bits per heavy atom. The van der Waals surface area contributed by atoms with Gasteiger partial charge in [-0.3, -0.25) is 9.59 Å². The topological polar surface area (TPSA) is 91.0 Å². The summed E-state index contributed by atoms with van der Waals surface area (Å²) in [5.74, 6) is -0.682. The molecule has 0 atom stereocenters. The van der Waals surface area contributed by atoms with Crippen LogP contribution in [0.5, 0.6) is 0 Å². The molecular formula is C15H15ClF3N5O2. The molecule has 0 spiro atoms. The average Bonchev–Trinajstić information content (AvgIpc) is 2.58. The second-order valence-corrected chi connectivity index (χ2v) is 5.53. The van der Waals surface area contributed by atoms with Gasteiger partial charge >= 0.3 is 6.18 Å². The van der Waals surface area contributed by atoms with E-state index in [0.717, 1.165) is 0 Å². The van der Waals surface area contributed by atoms with Crippen molar-refractivity contribution in [2.75, 3.05) is 23.3 Å². The molecule has 26 heavy (non-hydrogen) atoms. The monoisotopic (exact) mass is 389 g/mol. The van der Waals surface area contributed by atoms with Gasteiger partial charge in [0.1, 0.15) is 5.69 Å². The molecule has 2 rings (SSSR count). The standard InChI is InChI=1S/C15H15ClF3N5O2/c1-3-24(4-2)14-21-7-9(16)11(23-14)13(26)22-10-5-8(15(17,18)19)6-20-12(10)25/h5-7H,3-4H2,1-2H3,(H,20,25)(H,22,26). The number of aromatic nitrogens is 3. The first-order valence-electron chi connectivity index (χ1n) is 7.56. The molecule has 0 saturated heterocycles. The Balaban J connectivity index is 2.36. The number of carbonyl (C=O) groups excluding carboxylic acids is 1. The molecule has 0 bridgehead atoms. The molecular weight excluding hydrogens is 375 g/mol. The van der Waals surface area contributed by atoms with Crippen LogP contribution in [-0.2, 0) is 6.18 Å². The van der Waals surface area contributed by atoms with Crippen molar-refractivity contribution < 1.29 is 18.0 Å². The fourth-order valence-corrected chi connectivity index (χ4v) is 2.27. The zero-order valence-corrected chi connectivity index (χ0v) is 14.6. The van der Waals surface area contributed by atoms with E-state index < -0.39 is 28.9 Å². The number of hydrogen-bond donors (Lipinski definition) is 2. The summed E-state index contributed by atoms with van der Waals surface area (Å²) in [6.07, 6.45) is -2.94. The van der Waals surface area contributed by atoms with Gasteiger partial charge < -0.3 is 15.2 Å². The van der Waals surface area contributed by atoms with Crippen LogP contribution in [0, 0.1) is 0 Å². The van der Waals surface area contributed by atoms with Crippen molar-refractivity contribution >= 4 is 29.1 Å². The Morgan fingerprint density at radius 1 is 1.35 bits per heavy atom. The van der Waals surface area contributed by atoms with E-state index >= 15 is 0 Å². The fourth-order valence-electron chi connectivity index (χ4n) is 2.10. The number of nitrogens with one attached hydrogen (secondary N) is 2. The van der Waals surface area contributed by atoms with Crippen molar-refractivity contribution in [1.29, 1.82) is 0 Å². The van der Waals surface area contributed by atoms with Gasteiger partial charge in [0.05, 0.1) is 16.8 Å². The highest BCUT2D eigenvalue weighted by Gasteiger charge is 2.31. The van der Waals surface area contributed by atoms with Crippen molar-refractivity contribution in [3.8, 4) is 0 Å². The first-order chi connectivity index (χ1) is 12.2. The highest BCUT2D eigenvalue weighted by molar-refractivity contribution is 6.34. The summed E-state index contributed by atoms with van der Waals surface area (Å²) in [5.41, 5.74) is -2.81. The quantitative estimate of drug-likeness (QED) is 0.820. The van der Waals surface area contributed by atoms with E-state index in [9.17, 15) is 22.8 Å². The molecule has 0 aromatic carbocycles. The van der Waals surface area contributed by atoms with Crippen molar-refractivity contribution in [2.24, 2.45) is 0 Å². The minimum Gasteiger partial charge on any atom is -0.341 e. The summed E-state index contributed by atoms with van der Waals surface area (Å²) >= 11 is 5.92. The lowest BCUT2D eigenvalue weighted by molar-refractivity contribution is -0.137. The number of rotatable bonds is 5. The first-order valence-corrected chi connectivity index (χ1v) is 7.93. The number of carbonyl (C=O) groups is 1. The third-order valence-electron chi connectivity index (χ3n) is 3.47. The Morgan fingerprint density at radius 3 is 2.58 bits per heavy atom. The predicted octanol–water partition coefficient (Wildman–Crippen LogP) is 2.94. The van der Waals surface area contributed by atoms with Crippen molar-refractivity contribution in [2.45, 2.75) is 20.0 Å². The Kier molecular flexibility index (Phi) is 5.86. The average molecular weight is 390 g/mol. The molecule has 2 N–H and O–H groups in total. The molecule has 0 radical (unpaired) electrons. The van der Waals surface area contributed by atoms with Gasteiger partial charge in [-0.1, -0.05) is 11.6 Å².